The van der Waals surface area contributed by atoms with Gasteiger partial charge < -0.3 is 4.57 Å². The van der Waals surface area contributed by atoms with Crippen molar-refractivity contribution in [2.24, 2.45) is 0 Å². The fourth-order valence-electron chi connectivity index (χ4n) is 1.20. The number of carbonyl (C=O) groups is 1. The minimum atomic E-state index is 0.0450. The number of hydrogen-bond acceptors (Lipinski definition) is 2. The predicted molar refractivity (Wildman–Crippen MR) is 51.8 cm³/mol. The highest BCUT2D eigenvalue weighted by atomic mass is 16.1. The number of Topliss-reactive ketones (excluding diaryl/α,β-unsaturated/α-hetero) is 1. The molecular weight excluding hydrogens is 176 g/mol. The van der Waals surface area contributed by atoms with Gasteiger partial charge in [0, 0.05) is 18.0 Å². The number of ketones is 1. The van der Waals surface area contributed by atoms with Crippen molar-refractivity contribution in [2.45, 2.75) is 6.54 Å². The van der Waals surface area contributed by atoms with Gasteiger partial charge in [0.1, 0.15) is 0 Å². The monoisotopic (exact) mass is 185 g/mol. The first-order valence-electron chi connectivity index (χ1n) is 4.32. The average molecular weight is 185 g/mol. The van der Waals surface area contributed by atoms with Crippen LogP contribution in [-0.4, -0.2) is 15.3 Å². The molecule has 0 fully saturated rings. The van der Waals surface area contributed by atoms with Gasteiger partial charge in [-0.3, -0.25) is 4.79 Å². The zero-order valence-electron chi connectivity index (χ0n) is 7.55. The molecule has 1 radical (unpaired) electrons. The summed E-state index contributed by atoms with van der Waals surface area (Å²) in [7, 11) is 0. The second-order valence-corrected chi connectivity index (χ2v) is 2.93. The fraction of sp³-hybridized carbons (Fsp3) is 0.0909. The normalized spacial score (nSPS) is 10.0. The highest BCUT2D eigenvalue weighted by molar-refractivity contribution is 5.95. The van der Waals surface area contributed by atoms with Crippen molar-refractivity contribution in [3.63, 3.8) is 0 Å². The maximum absolute atomic E-state index is 11.6. The Balaban J connectivity index is 2.11. The third-order valence-electron chi connectivity index (χ3n) is 1.89. The summed E-state index contributed by atoms with van der Waals surface area (Å²) in [4.78, 5) is 15.5. The second-order valence-electron chi connectivity index (χ2n) is 2.93. The van der Waals surface area contributed by atoms with E-state index in [2.05, 4.69) is 11.1 Å². The Labute approximate surface area is 82.0 Å². The Morgan fingerprint density at radius 1 is 1.50 bits per heavy atom. The Kier molecular flexibility index (Phi) is 2.40. The number of nitrogens with zero attached hydrogens (tertiary/aromatic N) is 2. The Morgan fingerprint density at radius 2 is 2.43 bits per heavy atom. The molecule has 0 atom stereocenters. The third-order valence-corrected chi connectivity index (χ3v) is 1.89. The minimum Gasteiger partial charge on any atom is -0.330 e. The SMILES string of the molecule is O=C(Cn1ccnc1)c1[c]cccc1. The van der Waals surface area contributed by atoms with Gasteiger partial charge in [-0.2, -0.15) is 0 Å². The molecule has 0 bridgehead atoms. The second kappa shape index (κ2) is 3.87. The van der Waals surface area contributed by atoms with Gasteiger partial charge in [0.15, 0.2) is 5.78 Å². The Bertz CT molecular complexity index is 406. The van der Waals surface area contributed by atoms with E-state index in [0.29, 0.717) is 12.1 Å². The van der Waals surface area contributed by atoms with E-state index in [1.165, 1.54) is 0 Å². The molecular formula is C11H9N2O. The lowest BCUT2D eigenvalue weighted by Crippen LogP contribution is -2.08. The van der Waals surface area contributed by atoms with Gasteiger partial charge in [-0.1, -0.05) is 24.3 Å². The molecule has 0 amide bonds. The van der Waals surface area contributed by atoms with Gasteiger partial charge in [-0.25, -0.2) is 4.98 Å². The lowest BCUT2D eigenvalue weighted by molar-refractivity contribution is 0.0972. The van der Waals surface area contributed by atoms with Gasteiger partial charge >= 0.3 is 0 Å². The van der Waals surface area contributed by atoms with E-state index in [1.807, 2.05) is 12.1 Å². The van der Waals surface area contributed by atoms with Gasteiger partial charge in [-0.15, -0.1) is 0 Å². The molecule has 2 aromatic rings. The first kappa shape index (κ1) is 8.69. The lowest BCUT2D eigenvalue weighted by atomic mass is 10.1. The average Bonchev–Trinajstić information content (AvgIpc) is 2.72. The summed E-state index contributed by atoms with van der Waals surface area (Å²) in [6.45, 7) is 0.320. The summed E-state index contributed by atoms with van der Waals surface area (Å²) < 4.78 is 1.74. The zero-order valence-corrected chi connectivity index (χ0v) is 7.55. The first-order valence-corrected chi connectivity index (χ1v) is 4.32. The first-order chi connectivity index (χ1) is 6.86. The number of hydrogen-bond donors (Lipinski definition) is 0. The van der Waals surface area contributed by atoms with E-state index in [9.17, 15) is 4.79 Å². The molecule has 1 aromatic heterocycles. The van der Waals surface area contributed by atoms with Crippen LogP contribution in [0.25, 0.3) is 0 Å². The van der Waals surface area contributed by atoms with Crippen LogP contribution < -0.4 is 0 Å². The molecule has 2 rings (SSSR count). The maximum atomic E-state index is 11.6. The molecule has 0 N–H and O–H groups in total. The van der Waals surface area contributed by atoms with Crippen LogP contribution in [0.3, 0.4) is 0 Å². The van der Waals surface area contributed by atoms with Crippen LogP contribution in [0.5, 0.6) is 0 Å². The lowest BCUT2D eigenvalue weighted by Gasteiger charge is -2.00. The molecule has 0 aliphatic rings. The summed E-state index contributed by atoms with van der Waals surface area (Å²) in [6, 6.07) is 10.1. The number of rotatable bonds is 3. The Morgan fingerprint density at radius 3 is 3.07 bits per heavy atom. The van der Waals surface area contributed by atoms with E-state index in [1.54, 1.807) is 35.4 Å². The molecule has 3 nitrogen and oxygen atoms in total. The smallest absolute Gasteiger partial charge is 0.183 e. The molecule has 3 heteroatoms. The van der Waals surface area contributed by atoms with Gasteiger partial charge in [-0.05, 0) is 6.07 Å². The van der Waals surface area contributed by atoms with Crippen molar-refractivity contribution in [3.05, 3.63) is 54.6 Å². The number of aromatic nitrogens is 2. The van der Waals surface area contributed by atoms with Gasteiger partial charge in [0.05, 0.1) is 12.9 Å². The molecule has 0 saturated carbocycles. The summed E-state index contributed by atoms with van der Waals surface area (Å²) in [6.07, 6.45) is 5.05. The van der Waals surface area contributed by atoms with Crippen LogP contribution in [0.1, 0.15) is 10.4 Å². The third kappa shape index (κ3) is 1.88. The molecule has 0 aliphatic heterocycles. The molecule has 0 unspecified atom stereocenters. The standard InChI is InChI=1S/C11H9N2O/c14-11(8-13-7-6-12-9-13)10-4-2-1-3-5-10/h1-4,6-7,9H,8H2. The van der Waals surface area contributed by atoms with Crippen LogP contribution in [0.4, 0.5) is 0 Å². The van der Waals surface area contributed by atoms with Crippen LogP contribution in [-0.2, 0) is 6.54 Å². The molecule has 0 spiro atoms. The zero-order chi connectivity index (χ0) is 9.80. The highest BCUT2D eigenvalue weighted by Gasteiger charge is 2.04. The molecule has 69 valence electrons. The number of carbonyl (C=O) groups excluding carboxylic acids is 1. The van der Waals surface area contributed by atoms with Crippen molar-refractivity contribution < 1.29 is 4.79 Å². The van der Waals surface area contributed by atoms with Crippen LogP contribution in [0, 0.1) is 6.07 Å². The van der Waals surface area contributed by atoms with Gasteiger partial charge in [0.2, 0.25) is 0 Å². The molecule has 14 heavy (non-hydrogen) atoms. The molecule has 1 heterocycles. The topological polar surface area (TPSA) is 34.9 Å². The van der Waals surface area contributed by atoms with Crippen LogP contribution in [0.2, 0.25) is 0 Å². The summed E-state index contributed by atoms with van der Waals surface area (Å²) in [5, 5.41) is 0. The minimum absolute atomic E-state index is 0.0450. The Hall–Kier alpha value is -1.90. The summed E-state index contributed by atoms with van der Waals surface area (Å²) >= 11 is 0. The van der Waals surface area contributed by atoms with Crippen LogP contribution >= 0.6 is 0 Å². The van der Waals surface area contributed by atoms with E-state index < -0.39 is 0 Å². The summed E-state index contributed by atoms with van der Waals surface area (Å²) in [5.41, 5.74) is 0.612. The summed E-state index contributed by atoms with van der Waals surface area (Å²) in [5.74, 6) is 0.0450. The van der Waals surface area contributed by atoms with E-state index in [-0.39, 0.29) is 5.78 Å². The van der Waals surface area contributed by atoms with Crippen molar-refractivity contribution in [1.82, 2.24) is 9.55 Å². The van der Waals surface area contributed by atoms with Crippen molar-refractivity contribution in [2.75, 3.05) is 0 Å². The van der Waals surface area contributed by atoms with E-state index in [4.69, 9.17) is 0 Å². The molecule has 1 aromatic carbocycles. The largest absolute Gasteiger partial charge is 0.330 e. The molecule has 0 aliphatic carbocycles. The van der Waals surface area contributed by atoms with Crippen LogP contribution in [0.15, 0.2) is 43.0 Å². The maximum Gasteiger partial charge on any atom is 0.183 e. The quantitative estimate of drug-likeness (QED) is 0.680. The van der Waals surface area contributed by atoms with Crippen molar-refractivity contribution in [1.29, 1.82) is 0 Å². The van der Waals surface area contributed by atoms with Gasteiger partial charge in [0.25, 0.3) is 0 Å². The number of benzene rings is 1. The number of imidazole rings is 1. The predicted octanol–water partition coefficient (Wildman–Crippen LogP) is 1.57. The highest BCUT2D eigenvalue weighted by Crippen LogP contribution is 2.00. The van der Waals surface area contributed by atoms with E-state index in [0.717, 1.165) is 0 Å². The van der Waals surface area contributed by atoms with Crippen molar-refractivity contribution in [3.8, 4) is 0 Å². The van der Waals surface area contributed by atoms with Crippen molar-refractivity contribution >= 4 is 5.78 Å². The fourth-order valence-corrected chi connectivity index (χ4v) is 1.20. The molecule has 0 saturated heterocycles. The van der Waals surface area contributed by atoms with E-state index >= 15 is 0 Å².